The first-order valence-corrected chi connectivity index (χ1v) is 7.26. The molecule has 6 heteroatoms. The number of rotatable bonds is 6. The number of hydrazone groups is 1. The summed E-state index contributed by atoms with van der Waals surface area (Å²) in [6, 6.07) is 7.03. The van der Waals surface area contributed by atoms with E-state index in [4.69, 9.17) is 9.47 Å². The van der Waals surface area contributed by atoms with Crippen molar-refractivity contribution in [2.24, 2.45) is 5.10 Å². The van der Waals surface area contributed by atoms with Crippen molar-refractivity contribution in [3.63, 3.8) is 0 Å². The molecular formula is C17H21N3O3. The number of methoxy groups -OCH3 is 1. The molecule has 0 spiro atoms. The van der Waals surface area contributed by atoms with Gasteiger partial charge in [-0.05, 0) is 50.6 Å². The fourth-order valence-electron chi connectivity index (χ4n) is 2.27. The Morgan fingerprint density at radius 2 is 1.87 bits per heavy atom. The van der Waals surface area contributed by atoms with Crippen LogP contribution in [0.1, 0.15) is 23.7 Å². The largest absolute Gasteiger partial charge is 0.497 e. The third-order valence-electron chi connectivity index (χ3n) is 3.41. The highest BCUT2D eigenvalue weighted by molar-refractivity contribution is 6.01. The topological polar surface area (TPSA) is 75.7 Å². The van der Waals surface area contributed by atoms with Crippen LogP contribution >= 0.6 is 0 Å². The molecule has 0 unspecified atom stereocenters. The average Bonchev–Trinajstić information content (AvgIpc) is 2.90. The molecule has 0 bridgehead atoms. The summed E-state index contributed by atoms with van der Waals surface area (Å²) in [5, 5.41) is 4.12. The molecule has 0 saturated heterocycles. The van der Waals surface area contributed by atoms with Crippen molar-refractivity contribution in [3.8, 4) is 11.5 Å². The van der Waals surface area contributed by atoms with E-state index in [2.05, 4.69) is 15.5 Å². The molecule has 2 aromatic rings. The molecular weight excluding hydrogens is 294 g/mol. The minimum absolute atomic E-state index is 0.103. The summed E-state index contributed by atoms with van der Waals surface area (Å²) in [4.78, 5) is 14.9. The van der Waals surface area contributed by atoms with Crippen LogP contribution in [0.2, 0.25) is 0 Å². The number of nitrogens with one attached hydrogen (secondary N) is 2. The van der Waals surface area contributed by atoms with Gasteiger partial charge in [-0.2, -0.15) is 5.10 Å². The third-order valence-corrected chi connectivity index (χ3v) is 3.41. The summed E-state index contributed by atoms with van der Waals surface area (Å²) < 4.78 is 10.5. The smallest absolute Gasteiger partial charge is 0.277 e. The number of ether oxygens (including phenoxy) is 2. The van der Waals surface area contributed by atoms with E-state index in [0.29, 0.717) is 5.75 Å². The lowest BCUT2D eigenvalue weighted by atomic mass is 10.1. The molecule has 0 aliphatic rings. The van der Waals surface area contributed by atoms with Gasteiger partial charge in [-0.3, -0.25) is 4.79 Å². The Morgan fingerprint density at radius 1 is 1.22 bits per heavy atom. The molecule has 1 amide bonds. The number of benzene rings is 1. The molecule has 2 N–H and O–H groups in total. The van der Waals surface area contributed by atoms with Gasteiger partial charge in [0.15, 0.2) is 6.61 Å². The minimum Gasteiger partial charge on any atom is -0.497 e. The van der Waals surface area contributed by atoms with E-state index < -0.39 is 0 Å². The van der Waals surface area contributed by atoms with Crippen LogP contribution in [0.25, 0.3) is 0 Å². The molecule has 0 fully saturated rings. The van der Waals surface area contributed by atoms with Gasteiger partial charge in [0, 0.05) is 17.5 Å². The Morgan fingerprint density at radius 3 is 2.43 bits per heavy atom. The quantitative estimate of drug-likeness (QED) is 0.635. The molecule has 23 heavy (non-hydrogen) atoms. The van der Waals surface area contributed by atoms with Crippen molar-refractivity contribution >= 4 is 11.6 Å². The molecule has 1 heterocycles. The van der Waals surface area contributed by atoms with Crippen LogP contribution in [0.5, 0.6) is 11.5 Å². The molecule has 2 rings (SSSR count). The second kappa shape index (κ2) is 7.49. The third kappa shape index (κ3) is 4.35. The van der Waals surface area contributed by atoms with Gasteiger partial charge in [-0.25, -0.2) is 5.43 Å². The zero-order valence-corrected chi connectivity index (χ0v) is 13.8. The lowest BCUT2D eigenvalue weighted by Crippen LogP contribution is -2.25. The van der Waals surface area contributed by atoms with Crippen molar-refractivity contribution in [3.05, 3.63) is 47.3 Å². The van der Waals surface area contributed by atoms with Crippen molar-refractivity contribution in [2.45, 2.75) is 20.8 Å². The van der Waals surface area contributed by atoms with Crippen LogP contribution < -0.4 is 14.9 Å². The van der Waals surface area contributed by atoms with Crippen molar-refractivity contribution in [1.82, 2.24) is 10.4 Å². The molecule has 0 radical (unpaired) electrons. The van der Waals surface area contributed by atoms with Crippen LogP contribution in [-0.4, -0.2) is 30.3 Å². The second-order valence-electron chi connectivity index (χ2n) is 5.17. The second-order valence-corrected chi connectivity index (χ2v) is 5.17. The Kier molecular flexibility index (Phi) is 5.41. The highest BCUT2D eigenvalue weighted by Crippen LogP contribution is 2.16. The van der Waals surface area contributed by atoms with Crippen LogP contribution in [0.3, 0.4) is 0 Å². The van der Waals surface area contributed by atoms with E-state index in [-0.39, 0.29) is 12.5 Å². The maximum absolute atomic E-state index is 11.8. The fraction of sp³-hybridized carbons (Fsp3) is 0.294. The van der Waals surface area contributed by atoms with E-state index >= 15 is 0 Å². The fourth-order valence-corrected chi connectivity index (χ4v) is 2.27. The summed E-state index contributed by atoms with van der Waals surface area (Å²) in [6.07, 6.45) is 1.91. The summed E-state index contributed by atoms with van der Waals surface area (Å²) in [5.41, 5.74) is 6.38. The molecule has 1 aromatic carbocycles. The van der Waals surface area contributed by atoms with Gasteiger partial charge in [0.25, 0.3) is 5.91 Å². The molecule has 0 atom stereocenters. The number of aromatic nitrogens is 1. The predicted octanol–water partition coefficient (Wildman–Crippen LogP) is 2.56. The van der Waals surface area contributed by atoms with Gasteiger partial charge in [-0.1, -0.05) is 0 Å². The van der Waals surface area contributed by atoms with Crippen molar-refractivity contribution < 1.29 is 14.3 Å². The van der Waals surface area contributed by atoms with Crippen LogP contribution in [-0.2, 0) is 4.79 Å². The predicted molar refractivity (Wildman–Crippen MR) is 89.1 cm³/mol. The first-order chi connectivity index (χ1) is 11.0. The number of carbonyl (C=O) groups is 1. The van der Waals surface area contributed by atoms with E-state index in [0.717, 1.165) is 28.3 Å². The van der Waals surface area contributed by atoms with Crippen molar-refractivity contribution in [2.75, 3.05) is 13.7 Å². The number of H-pyrrole nitrogens is 1. The van der Waals surface area contributed by atoms with Crippen LogP contribution in [0, 0.1) is 13.8 Å². The van der Waals surface area contributed by atoms with Gasteiger partial charge in [0.2, 0.25) is 0 Å². The van der Waals surface area contributed by atoms with Crippen LogP contribution in [0.15, 0.2) is 35.6 Å². The molecule has 122 valence electrons. The minimum atomic E-state index is -0.314. The summed E-state index contributed by atoms with van der Waals surface area (Å²) in [6.45, 7) is 5.71. The number of hydrogen-bond acceptors (Lipinski definition) is 4. The average molecular weight is 315 g/mol. The first-order valence-electron chi connectivity index (χ1n) is 7.26. The number of amides is 1. The number of nitrogens with zero attached hydrogens (tertiary/aromatic N) is 1. The number of hydrogen-bond donors (Lipinski definition) is 2. The number of aromatic amines is 1. The van der Waals surface area contributed by atoms with Crippen molar-refractivity contribution in [1.29, 1.82) is 0 Å². The number of carbonyl (C=O) groups excluding carboxylic acids is 1. The standard InChI is InChI=1S/C17H21N3O3/c1-11-9-18-12(2)17(11)13(3)19-20-16(21)10-23-15-7-5-14(22-4)6-8-15/h5-9,18H,10H2,1-4H3,(H,20,21)/b19-13+. The SMILES string of the molecule is COc1ccc(OCC(=O)N/N=C(\C)c2c(C)c[nH]c2C)cc1. The number of aryl methyl sites for hydroxylation is 2. The summed E-state index contributed by atoms with van der Waals surface area (Å²) in [5.74, 6) is 1.02. The summed E-state index contributed by atoms with van der Waals surface area (Å²) >= 11 is 0. The monoisotopic (exact) mass is 315 g/mol. The van der Waals surface area contributed by atoms with E-state index in [9.17, 15) is 4.79 Å². The molecule has 0 aliphatic heterocycles. The van der Waals surface area contributed by atoms with Crippen LogP contribution in [0.4, 0.5) is 0 Å². The zero-order chi connectivity index (χ0) is 16.8. The molecule has 0 saturated carbocycles. The van der Waals surface area contributed by atoms with Gasteiger partial charge in [0.05, 0.1) is 12.8 Å². The first kappa shape index (κ1) is 16.6. The van der Waals surface area contributed by atoms with E-state index in [1.54, 1.807) is 31.4 Å². The Bertz CT molecular complexity index is 683. The zero-order valence-electron chi connectivity index (χ0n) is 13.8. The molecule has 0 aliphatic carbocycles. The van der Waals surface area contributed by atoms with Gasteiger partial charge in [0.1, 0.15) is 11.5 Å². The summed E-state index contributed by atoms with van der Waals surface area (Å²) in [7, 11) is 1.59. The highest BCUT2D eigenvalue weighted by atomic mass is 16.5. The molecule has 1 aromatic heterocycles. The Balaban J connectivity index is 1.88. The lowest BCUT2D eigenvalue weighted by Gasteiger charge is -2.07. The Hall–Kier alpha value is -2.76. The molecule has 6 nitrogen and oxygen atoms in total. The highest BCUT2D eigenvalue weighted by Gasteiger charge is 2.08. The normalized spacial score (nSPS) is 11.2. The van der Waals surface area contributed by atoms with Gasteiger partial charge in [-0.15, -0.1) is 0 Å². The van der Waals surface area contributed by atoms with E-state index in [1.807, 2.05) is 27.0 Å². The maximum Gasteiger partial charge on any atom is 0.277 e. The van der Waals surface area contributed by atoms with Gasteiger partial charge < -0.3 is 14.5 Å². The van der Waals surface area contributed by atoms with E-state index in [1.165, 1.54) is 0 Å². The Labute approximate surface area is 135 Å². The lowest BCUT2D eigenvalue weighted by molar-refractivity contribution is -0.123. The maximum atomic E-state index is 11.8. The van der Waals surface area contributed by atoms with Gasteiger partial charge >= 0.3 is 0 Å².